The Morgan fingerprint density at radius 2 is 1.91 bits per heavy atom. The molecule has 0 fully saturated rings. The highest BCUT2D eigenvalue weighted by Gasteiger charge is 2.14. The van der Waals surface area contributed by atoms with Crippen LogP contribution >= 0.6 is 0 Å². The number of carbonyl (C=O) groups excluding carboxylic acids is 1. The number of hydrogen-bond acceptors (Lipinski definition) is 5. The van der Waals surface area contributed by atoms with Gasteiger partial charge in [0.2, 0.25) is 0 Å². The Morgan fingerprint density at radius 3 is 2.69 bits per heavy atom. The molecular weight excluding hydrogens is 408 g/mol. The predicted molar refractivity (Wildman–Crippen MR) is 122 cm³/mol. The molecule has 0 saturated carbocycles. The second-order valence-electron chi connectivity index (χ2n) is 8.24. The second-order valence-corrected chi connectivity index (χ2v) is 8.24. The van der Waals surface area contributed by atoms with E-state index in [2.05, 4.69) is 48.3 Å². The first-order valence-electron chi connectivity index (χ1n) is 11.1. The van der Waals surface area contributed by atoms with Crippen molar-refractivity contribution in [2.24, 2.45) is 0 Å². The Hall–Kier alpha value is -2.90. The molecule has 32 heavy (non-hydrogen) atoms. The van der Waals surface area contributed by atoms with E-state index in [4.69, 9.17) is 14.6 Å². The Labute approximate surface area is 189 Å². The summed E-state index contributed by atoms with van der Waals surface area (Å²) >= 11 is 0. The number of carboxylic acid groups (broad SMARTS) is 1. The molecule has 2 aromatic rings. The smallest absolute Gasteiger partial charge is 0.305 e. The topological polar surface area (TPSA) is 88.1 Å². The highest BCUT2D eigenvalue weighted by molar-refractivity contribution is 5.94. The van der Waals surface area contributed by atoms with E-state index in [1.807, 2.05) is 6.07 Å². The molecule has 1 amide bonds. The molecule has 1 aliphatic rings. The van der Waals surface area contributed by atoms with Gasteiger partial charge in [-0.15, -0.1) is 0 Å². The molecule has 2 aromatic carbocycles. The number of aliphatic carboxylic acids is 1. The molecule has 3 rings (SSSR count). The molecule has 172 valence electrons. The van der Waals surface area contributed by atoms with Crippen molar-refractivity contribution >= 4 is 11.9 Å². The average molecular weight is 441 g/mol. The zero-order valence-corrected chi connectivity index (χ0v) is 18.8. The van der Waals surface area contributed by atoms with Gasteiger partial charge < -0.3 is 19.9 Å². The maximum absolute atomic E-state index is 12.5. The summed E-state index contributed by atoms with van der Waals surface area (Å²) in [6.45, 7) is 7.75. The van der Waals surface area contributed by atoms with Gasteiger partial charge in [-0.1, -0.05) is 24.3 Å². The summed E-state index contributed by atoms with van der Waals surface area (Å²) in [5.74, 6) is -0.513. The van der Waals surface area contributed by atoms with Crippen LogP contribution in [-0.4, -0.2) is 60.8 Å². The number of hydrogen-bond donors (Lipinski definition) is 2. The average Bonchev–Trinajstić information content (AvgIpc) is 2.75. The van der Waals surface area contributed by atoms with Gasteiger partial charge in [-0.05, 0) is 48.7 Å². The summed E-state index contributed by atoms with van der Waals surface area (Å²) < 4.78 is 11.8. The highest BCUT2D eigenvalue weighted by Crippen LogP contribution is 2.25. The minimum absolute atomic E-state index is 0.0908. The van der Waals surface area contributed by atoms with E-state index in [-0.39, 0.29) is 18.9 Å². The van der Waals surface area contributed by atoms with Gasteiger partial charge in [0.1, 0.15) is 12.4 Å². The molecular formula is C25H32N2O5. The first-order chi connectivity index (χ1) is 15.4. The van der Waals surface area contributed by atoms with Crippen LogP contribution in [0.25, 0.3) is 0 Å². The number of rotatable bonds is 5. The van der Waals surface area contributed by atoms with Crippen LogP contribution in [-0.2, 0) is 22.5 Å². The van der Waals surface area contributed by atoms with E-state index in [0.29, 0.717) is 37.8 Å². The molecule has 0 aromatic heterocycles. The number of fused-ring (bicyclic) bond motifs is 3. The summed E-state index contributed by atoms with van der Waals surface area (Å²) in [7, 11) is 0. The van der Waals surface area contributed by atoms with Crippen LogP contribution in [0.3, 0.4) is 0 Å². The number of nitrogens with zero attached hydrogens (tertiary/aromatic N) is 1. The fourth-order valence-electron chi connectivity index (χ4n) is 3.69. The lowest BCUT2D eigenvalue weighted by Crippen LogP contribution is -2.33. The van der Waals surface area contributed by atoms with E-state index in [1.54, 1.807) is 12.1 Å². The van der Waals surface area contributed by atoms with Gasteiger partial charge >= 0.3 is 5.97 Å². The summed E-state index contributed by atoms with van der Waals surface area (Å²) in [5, 5.41) is 11.4. The molecule has 0 aliphatic carbocycles. The third-order valence-electron chi connectivity index (χ3n) is 5.46. The third kappa shape index (κ3) is 7.07. The quantitative estimate of drug-likeness (QED) is 0.743. The molecule has 7 nitrogen and oxygen atoms in total. The summed E-state index contributed by atoms with van der Waals surface area (Å²) in [6.07, 6.45) is 0.516. The first kappa shape index (κ1) is 23.8. The molecule has 0 spiro atoms. The van der Waals surface area contributed by atoms with Gasteiger partial charge in [-0.25, -0.2) is 0 Å². The SMILES string of the molecule is CC(C)N1CCOCCOc2ccc(C(=O)NCCC(=O)O)cc2Cc2cccc(c2)C1. The Bertz CT molecular complexity index is 928. The van der Waals surface area contributed by atoms with Crippen LogP contribution in [0.1, 0.15) is 47.3 Å². The molecule has 1 heterocycles. The van der Waals surface area contributed by atoms with Crippen LogP contribution in [0.5, 0.6) is 5.75 Å². The lowest BCUT2D eigenvalue weighted by atomic mass is 9.99. The van der Waals surface area contributed by atoms with Crippen LogP contribution in [0.4, 0.5) is 0 Å². The summed E-state index contributed by atoms with van der Waals surface area (Å²) in [5.41, 5.74) is 3.77. The van der Waals surface area contributed by atoms with Crippen LogP contribution in [0, 0.1) is 0 Å². The van der Waals surface area contributed by atoms with Crippen molar-refractivity contribution in [1.29, 1.82) is 0 Å². The standard InChI is InChI=1S/C25H32N2O5/c1-18(2)27-10-11-31-12-13-32-23-7-6-21(25(30)26-9-8-24(28)29)16-22(23)15-19-4-3-5-20(14-19)17-27/h3-7,14,16,18H,8-13,15,17H2,1-2H3,(H,26,30)(H,28,29). The van der Waals surface area contributed by atoms with E-state index in [1.165, 1.54) is 5.56 Å². The van der Waals surface area contributed by atoms with Crippen LogP contribution in [0.15, 0.2) is 42.5 Å². The van der Waals surface area contributed by atoms with Gasteiger partial charge in [-0.2, -0.15) is 0 Å². The second kappa shape index (κ2) is 11.6. The molecule has 2 N–H and O–H groups in total. The number of benzene rings is 2. The maximum Gasteiger partial charge on any atom is 0.305 e. The zero-order chi connectivity index (χ0) is 22.9. The van der Waals surface area contributed by atoms with Gasteiger partial charge in [0.05, 0.1) is 19.6 Å². The number of amides is 1. The van der Waals surface area contributed by atoms with Gasteiger partial charge in [0.15, 0.2) is 0 Å². The molecule has 7 heteroatoms. The van der Waals surface area contributed by atoms with E-state index in [9.17, 15) is 9.59 Å². The normalized spacial score (nSPS) is 15.3. The maximum atomic E-state index is 12.5. The molecule has 1 aliphatic heterocycles. The number of ether oxygens (including phenoxy) is 2. The zero-order valence-electron chi connectivity index (χ0n) is 18.8. The molecule has 0 radical (unpaired) electrons. The Morgan fingerprint density at radius 1 is 1.09 bits per heavy atom. The summed E-state index contributed by atoms with van der Waals surface area (Å²) in [4.78, 5) is 25.6. The lowest BCUT2D eigenvalue weighted by Gasteiger charge is -2.27. The van der Waals surface area contributed by atoms with Gasteiger partial charge in [0, 0.05) is 37.7 Å². The largest absolute Gasteiger partial charge is 0.491 e. The fourth-order valence-corrected chi connectivity index (χ4v) is 3.69. The lowest BCUT2D eigenvalue weighted by molar-refractivity contribution is -0.136. The number of carbonyl (C=O) groups is 2. The first-order valence-corrected chi connectivity index (χ1v) is 11.1. The van der Waals surface area contributed by atoms with Gasteiger partial charge in [0.25, 0.3) is 5.91 Å². The minimum atomic E-state index is -0.943. The monoisotopic (exact) mass is 440 g/mol. The fraction of sp³-hybridized carbons (Fsp3) is 0.440. The van der Waals surface area contributed by atoms with Crippen molar-refractivity contribution in [2.75, 3.05) is 32.9 Å². The highest BCUT2D eigenvalue weighted by atomic mass is 16.5. The Kier molecular flexibility index (Phi) is 8.64. The van der Waals surface area contributed by atoms with Gasteiger partial charge in [-0.3, -0.25) is 14.5 Å². The third-order valence-corrected chi connectivity index (χ3v) is 5.46. The van der Waals surface area contributed by atoms with Crippen molar-refractivity contribution in [1.82, 2.24) is 10.2 Å². The molecule has 0 atom stereocenters. The Balaban J connectivity index is 1.84. The van der Waals surface area contributed by atoms with Crippen molar-refractivity contribution < 1.29 is 24.2 Å². The number of nitrogens with one attached hydrogen (secondary N) is 1. The van der Waals surface area contributed by atoms with E-state index < -0.39 is 5.97 Å². The minimum Gasteiger partial charge on any atom is -0.491 e. The van der Waals surface area contributed by atoms with Crippen molar-refractivity contribution in [2.45, 2.75) is 39.3 Å². The molecule has 0 unspecified atom stereocenters. The van der Waals surface area contributed by atoms with Crippen molar-refractivity contribution in [3.8, 4) is 5.75 Å². The predicted octanol–water partition coefficient (Wildman–Crippen LogP) is 3.10. The number of carboxylic acids is 1. The van der Waals surface area contributed by atoms with E-state index >= 15 is 0 Å². The molecule has 2 bridgehead atoms. The van der Waals surface area contributed by atoms with E-state index in [0.717, 1.165) is 30.0 Å². The van der Waals surface area contributed by atoms with Crippen LogP contribution in [0.2, 0.25) is 0 Å². The molecule has 0 saturated heterocycles. The van der Waals surface area contributed by atoms with Crippen LogP contribution < -0.4 is 10.1 Å². The summed E-state index contributed by atoms with van der Waals surface area (Å²) in [6, 6.07) is 14.2. The van der Waals surface area contributed by atoms with Crippen molar-refractivity contribution in [3.05, 3.63) is 64.7 Å². The van der Waals surface area contributed by atoms with Crippen molar-refractivity contribution in [3.63, 3.8) is 0 Å².